The van der Waals surface area contributed by atoms with Crippen LogP contribution in [0.3, 0.4) is 0 Å². The SMILES string of the molecule is CN1CCN(c2ccc(/C=C(/SCc3ccc(Br)cc3)C(=O)c3ccc(C(=O)O)cc3)cc2[N+](=O)[O-])CC1. The number of nitro groups is 1. The quantitative estimate of drug-likeness (QED) is 0.140. The van der Waals surface area contributed by atoms with Crippen molar-refractivity contribution in [2.45, 2.75) is 5.75 Å². The summed E-state index contributed by atoms with van der Waals surface area (Å²) < 4.78 is 0.948. The summed E-state index contributed by atoms with van der Waals surface area (Å²) in [5.41, 5.74) is 2.55. The molecule has 0 unspecified atom stereocenters. The summed E-state index contributed by atoms with van der Waals surface area (Å²) in [7, 11) is 2.03. The van der Waals surface area contributed by atoms with E-state index in [4.69, 9.17) is 0 Å². The fourth-order valence-electron chi connectivity index (χ4n) is 4.06. The van der Waals surface area contributed by atoms with E-state index >= 15 is 0 Å². The van der Waals surface area contributed by atoms with E-state index in [1.54, 1.807) is 18.2 Å². The number of hydrogen-bond donors (Lipinski definition) is 1. The molecular formula is C28H26BrN3O5S. The number of hydrogen-bond acceptors (Lipinski definition) is 7. The molecule has 3 aromatic carbocycles. The number of carbonyl (C=O) groups is 2. The number of halogens is 1. The van der Waals surface area contributed by atoms with Crippen molar-refractivity contribution in [1.82, 2.24) is 4.90 Å². The van der Waals surface area contributed by atoms with Crippen molar-refractivity contribution in [2.24, 2.45) is 0 Å². The number of rotatable bonds is 9. The lowest BCUT2D eigenvalue weighted by atomic mass is 10.1. The van der Waals surface area contributed by atoms with Gasteiger partial charge in [0.2, 0.25) is 0 Å². The molecule has 0 atom stereocenters. The molecule has 10 heteroatoms. The topological polar surface area (TPSA) is 104 Å². The van der Waals surface area contributed by atoms with Crippen molar-refractivity contribution in [2.75, 3.05) is 38.1 Å². The van der Waals surface area contributed by atoms with Gasteiger partial charge in [0.15, 0.2) is 5.78 Å². The zero-order valence-electron chi connectivity index (χ0n) is 20.7. The van der Waals surface area contributed by atoms with E-state index in [0.29, 0.717) is 40.6 Å². The first kappa shape index (κ1) is 27.6. The molecule has 0 spiro atoms. The lowest BCUT2D eigenvalue weighted by Gasteiger charge is -2.33. The van der Waals surface area contributed by atoms with Crippen LogP contribution >= 0.6 is 27.7 Å². The summed E-state index contributed by atoms with van der Waals surface area (Å²) >= 11 is 4.75. The van der Waals surface area contributed by atoms with E-state index in [-0.39, 0.29) is 22.0 Å². The van der Waals surface area contributed by atoms with Crippen molar-refractivity contribution >= 4 is 56.9 Å². The van der Waals surface area contributed by atoms with Gasteiger partial charge in [0.05, 0.1) is 15.4 Å². The molecule has 1 saturated heterocycles. The molecule has 0 bridgehead atoms. The first-order valence-electron chi connectivity index (χ1n) is 11.9. The van der Waals surface area contributed by atoms with Gasteiger partial charge in [-0.2, -0.15) is 0 Å². The van der Waals surface area contributed by atoms with E-state index in [1.807, 2.05) is 36.2 Å². The van der Waals surface area contributed by atoms with Gasteiger partial charge in [-0.25, -0.2) is 4.79 Å². The van der Waals surface area contributed by atoms with Gasteiger partial charge in [-0.1, -0.05) is 46.3 Å². The summed E-state index contributed by atoms with van der Waals surface area (Å²) in [6.07, 6.45) is 1.66. The number of anilines is 1. The Balaban J connectivity index is 1.67. The fourth-order valence-corrected chi connectivity index (χ4v) is 5.31. The number of ketones is 1. The van der Waals surface area contributed by atoms with E-state index in [9.17, 15) is 24.8 Å². The highest BCUT2D eigenvalue weighted by Crippen LogP contribution is 2.33. The van der Waals surface area contributed by atoms with Gasteiger partial charge < -0.3 is 14.9 Å². The number of likely N-dealkylation sites (N-methyl/N-ethyl adjacent to an activating group) is 1. The molecule has 0 aliphatic carbocycles. The third-order valence-corrected chi connectivity index (χ3v) is 7.88. The van der Waals surface area contributed by atoms with E-state index in [1.165, 1.54) is 42.1 Å². The number of carboxylic acids is 1. The number of carbonyl (C=O) groups excluding carboxylic acids is 1. The Bertz CT molecular complexity index is 1370. The summed E-state index contributed by atoms with van der Waals surface area (Å²) in [5, 5.41) is 21.2. The predicted octanol–water partition coefficient (Wildman–Crippen LogP) is 5.96. The van der Waals surface area contributed by atoms with Crippen LogP contribution in [0.1, 0.15) is 31.8 Å². The zero-order valence-corrected chi connectivity index (χ0v) is 23.1. The number of allylic oxidation sites excluding steroid dienone is 1. The van der Waals surface area contributed by atoms with Gasteiger partial charge in [-0.3, -0.25) is 14.9 Å². The number of thioether (sulfide) groups is 1. The number of aromatic carboxylic acids is 1. The normalized spacial score (nSPS) is 14.4. The maximum absolute atomic E-state index is 13.5. The Morgan fingerprint density at radius 3 is 2.24 bits per heavy atom. The molecule has 196 valence electrons. The highest BCUT2D eigenvalue weighted by molar-refractivity contribution is 9.10. The number of carboxylic acid groups (broad SMARTS) is 1. The Morgan fingerprint density at radius 1 is 1.00 bits per heavy atom. The van der Waals surface area contributed by atoms with Crippen LogP contribution < -0.4 is 4.90 Å². The smallest absolute Gasteiger partial charge is 0.335 e. The third kappa shape index (κ3) is 6.89. The van der Waals surface area contributed by atoms with Gasteiger partial charge in [-0.05, 0) is 54.6 Å². The standard InChI is InChI=1S/C28H26BrN3O5S/c1-30-12-14-31(15-13-30)24-11-4-20(16-25(24)32(36)37)17-26(38-18-19-2-9-23(29)10-3-19)27(33)21-5-7-22(8-6-21)28(34)35/h2-11,16-17H,12-15,18H2,1H3,(H,34,35)/b26-17+. The summed E-state index contributed by atoms with van der Waals surface area (Å²) in [6.45, 7) is 3.05. The van der Waals surface area contributed by atoms with Crippen LogP contribution in [0.15, 0.2) is 76.1 Å². The second kappa shape index (κ2) is 12.4. The predicted molar refractivity (Wildman–Crippen MR) is 154 cm³/mol. The highest BCUT2D eigenvalue weighted by Gasteiger charge is 2.23. The maximum atomic E-state index is 13.5. The van der Waals surface area contributed by atoms with Gasteiger partial charge >= 0.3 is 5.97 Å². The fraction of sp³-hybridized carbons (Fsp3) is 0.214. The van der Waals surface area contributed by atoms with E-state index in [2.05, 4.69) is 20.8 Å². The molecule has 0 amide bonds. The van der Waals surface area contributed by atoms with Crippen LogP contribution in [0.2, 0.25) is 0 Å². The molecule has 8 nitrogen and oxygen atoms in total. The number of benzene rings is 3. The Labute approximate surface area is 233 Å². The first-order chi connectivity index (χ1) is 18.2. The molecular weight excluding hydrogens is 570 g/mol. The van der Waals surface area contributed by atoms with E-state index < -0.39 is 5.97 Å². The summed E-state index contributed by atoms with van der Waals surface area (Å²) in [4.78, 5) is 40.9. The maximum Gasteiger partial charge on any atom is 0.335 e. The average molecular weight is 597 g/mol. The Kier molecular flexibility index (Phi) is 8.98. The second-order valence-corrected chi connectivity index (χ2v) is 10.9. The third-order valence-electron chi connectivity index (χ3n) is 6.26. The molecule has 1 aliphatic rings. The molecule has 3 aromatic rings. The summed E-state index contributed by atoms with van der Waals surface area (Å²) in [6, 6.07) is 18.6. The monoisotopic (exact) mass is 595 g/mol. The van der Waals surface area contributed by atoms with Gasteiger partial charge in [-0.15, -0.1) is 11.8 Å². The van der Waals surface area contributed by atoms with Crippen LogP contribution in [0.5, 0.6) is 0 Å². The molecule has 38 heavy (non-hydrogen) atoms. The minimum atomic E-state index is -1.07. The van der Waals surface area contributed by atoms with Crippen molar-refractivity contribution in [1.29, 1.82) is 0 Å². The minimum absolute atomic E-state index is 0.00109. The van der Waals surface area contributed by atoms with Crippen LogP contribution in [0, 0.1) is 10.1 Å². The minimum Gasteiger partial charge on any atom is -0.478 e. The lowest BCUT2D eigenvalue weighted by Crippen LogP contribution is -2.44. The molecule has 0 saturated carbocycles. The Morgan fingerprint density at radius 2 is 1.63 bits per heavy atom. The number of piperazine rings is 1. The van der Waals surface area contributed by atoms with Crippen molar-refractivity contribution < 1.29 is 19.6 Å². The molecule has 1 fully saturated rings. The zero-order chi connectivity index (χ0) is 27.2. The second-order valence-electron chi connectivity index (χ2n) is 8.93. The van der Waals surface area contributed by atoms with E-state index in [0.717, 1.165) is 23.1 Å². The van der Waals surface area contributed by atoms with Gasteiger partial charge in [0.25, 0.3) is 5.69 Å². The lowest BCUT2D eigenvalue weighted by molar-refractivity contribution is -0.384. The van der Waals surface area contributed by atoms with Crippen LogP contribution in [-0.4, -0.2) is 59.9 Å². The number of Topliss-reactive ketones (excluding diaryl/α,β-unsaturated/α-hetero) is 1. The van der Waals surface area contributed by atoms with Gasteiger partial charge in [0.1, 0.15) is 5.69 Å². The average Bonchev–Trinajstić information content (AvgIpc) is 2.92. The van der Waals surface area contributed by atoms with Crippen LogP contribution in [0.25, 0.3) is 6.08 Å². The largest absolute Gasteiger partial charge is 0.478 e. The number of nitro benzene ring substituents is 1. The highest BCUT2D eigenvalue weighted by atomic mass is 79.9. The Hall–Kier alpha value is -3.47. The summed E-state index contributed by atoms with van der Waals surface area (Å²) in [5.74, 6) is -0.841. The molecule has 1 heterocycles. The molecule has 1 aliphatic heterocycles. The van der Waals surface area contributed by atoms with Crippen LogP contribution in [0.4, 0.5) is 11.4 Å². The first-order valence-corrected chi connectivity index (χ1v) is 13.7. The van der Waals surface area contributed by atoms with Crippen molar-refractivity contribution in [3.63, 3.8) is 0 Å². The van der Waals surface area contributed by atoms with Crippen molar-refractivity contribution in [3.05, 3.63) is 108 Å². The van der Waals surface area contributed by atoms with Crippen LogP contribution in [-0.2, 0) is 5.75 Å². The number of nitrogens with zero attached hydrogens (tertiary/aromatic N) is 3. The van der Waals surface area contributed by atoms with Gasteiger partial charge in [0, 0.05) is 48.0 Å². The molecule has 0 aromatic heterocycles. The molecule has 4 rings (SSSR count). The molecule has 0 radical (unpaired) electrons. The van der Waals surface area contributed by atoms with Crippen molar-refractivity contribution in [3.8, 4) is 0 Å². The molecule has 1 N–H and O–H groups in total.